The van der Waals surface area contributed by atoms with Crippen LogP contribution in [0.4, 0.5) is 0 Å². The second kappa shape index (κ2) is 5.56. The molecule has 0 saturated heterocycles. The Morgan fingerprint density at radius 2 is 2.00 bits per heavy atom. The van der Waals surface area contributed by atoms with Crippen molar-refractivity contribution < 1.29 is 4.74 Å². The molecule has 90 valence electrons. The van der Waals surface area contributed by atoms with Gasteiger partial charge in [0.15, 0.2) is 0 Å². The molecule has 0 aromatic heterocycles. The van der Waals surface area contributed by atoms with Gasteiger partial charge in [0.1, 0.15) is 5.75 Å². The Morgan fingerprint density at radius 1 is 1.38 bits per heavy atom. The molecule has 1 aromatic rings. The number of benzene rings is 1. The summed E-state index contributed by atoms with van der Waals surface area (Å²) in [5.41, 5.74) is 0. The van der Waals surface area contributed by atoms with Crippen molar-refractivity contribution in [2.75, 3.05) is 6.61 Å². The molecule has 1 nitrogen and oxygen atoms in total. The lowest BCUT2D eigenvalue weighted by molar-refractivity contribution is 0.276. The van der Waals surface area contributed by atoms with E-state index in [1.807, 2.05) is 18.2 Å². The van der Waals surface area contributed by atoms with Crippen LogP contribution in [0.25, 0.3) is 0 Å². The molecule has 0 saturated carbocycles. The highest BCUT2D eigenvalue weighted by molar-refractivity contribution is 9.10. The van der Waals surface area contributed by atoms with Gasteiger partial charge in [0.05, 0.1) is 11.6 Å². The van der Waals surface area contributed by atoms with Gasteiger partial charge in [0, 0.05) is 13.3 Å². The van der Waals surface area contributed by atoms with Gasteiger partial charge in [-0.05, 0) is 23.2 Å². The van der Waals surface area contributed by atoms with Crippen molar-refractivity contribution in [3.8, 4) is 5.75 Å². The van der Waals surface area contributed by atoms with Crippen LogP contribution in [-0.2, 0) is 0 Å². The first-order chi connectivity index (χ1) is 7.33. The van der Waals surface area contributed by atoms with E-state index in [-0.39, 0.29) is 5.04 Å². The summed E-state index contributed by atoms with van der Waals surface area (Å²) in [6.45, 7) is 9.93. The second-order valence-electron chi connectivity index (χ2n) is 5.01. The van der Waals surface area contributed by atoms with Crippen LogP contribution >= 0.6 is 27.5 Å². The van der Waals surface area contributed by atoms with E-state index >= 15 is 0 Å². The van der Waals surface area contributed by atoms with Crippen molar-refractivity contribution in [3.05, 3.63) is 27.7 Å². The number of hydrogen-bond acceptors (Lipinski definition) is 1. The van der Waals surface area contributed by atoms with Crippen molar-refractivity contribution in [3.63, 3.8) is 0 Å². The SMILES string of the molecule is C[SiH](C)C(C)(C)COc1cc(Br)ccc1Cl. The normalized spacial score (nSPS) is 11.9. The minimum atomic E-state index is -0.729. The Morgan fingerprint density at radius 3 is 2.56 bits per heavy atom. The molecule has 16 heavy (non-hydrogen) atoms. The molecule has 0 fully saturated rings. The first-order valence-corrected chi connectivity index (χ1v) is 9.46. The molecular formula is C12H18BrClOSi. The zero-order valence-electron chi connectivity index (χ0n) is 10.2. The van der Waals surface area contributed by atoms with Gasteiger partial charge < -0.3 is 4.74 Å². The lowest BCUT2D eigenvalue weighted by Crippen LogP contribution is -2.27. The summed E-state index contributed by atoms with van der Waals surface area (Å²) in [5.74, 6) is 0.763. The third-order valence-corrected chi connectivity index (χ3v) is 7.15. The minimum absolute atomic E-state index is 0.283. The Balaban J connectivity index is 2.71. The van der Waals surface area contributed by atoms with Crippen molar-refractivity contribution in [2.24, 2.45) is 0 Å². The number of halogens is 2. The van der Waals surface area contributed by atoms with Gasteiger partial charge in [-0.1, -0.05) is 54.5 Å². The molecule has 0 spiro atoms. The first kappa shape index (κ1) is 14.1. The lowest BCUT2D eigenvalue weighted by Gasteiger charge is -2.28. The summed E-state index contributed by atoms with van der Waals surface area (Å²) in [7, 11) is -0.729. The smallest absolute Gasteiger partial charge is 0.139 e. The fourth-order valence-corrected chi connectivity index (χ4v) is 1.95. The quantitative estimate of drug-likeness (QED) is 0.727. The van der Waals surface area contributed by atoms with Gasteiger partial charge in [0.2, 0.25) is 0 Å². The van der Waals surface area contributed by atoms with Gasteiger partial charge in [-0.25, -0.2) is 0 Å². The Labute approximate surface area is 113 Å². The Kier molecular flexibility index (Phi) is 4.89. The van der Waals surface area contributed by atoms with E-state index < -0.39 is 8.80 Å². The third kappa shape index (κ3) is 3.79. The summed E-state index contributed by atoms with van der Waals surface area (Å²) in [4.78, 5) is 0. The van der Waals surface area contributed by atoms with Crippen LogP contribution in [0.3, 0.4) is 0 Å². The summed E-state index contributed by atoms with van der Waals surface area (Å²) < 4.78 is 6.81. The molecule has 0 aliphatic rings. The maximum atomic E-state index is 6.07. The minimum Gasteiger partial charge on any atom is -0.492 e. The molecule has 0 atom stereocenters. The van der Waals surface area contributed by atoms with Crippen molar-refractivity contribution in [2.45, 2.75) is 32.0 Å². The lowest BCUT2D eigenvalue weighted by atomic mass is 10.2. The Bertz CT molecular complexity index is 366. The van der Waals surface area contributed by atoms with Crippen molar-refractivity contribution in [1.29, 1.82) is 0 Å². The predicted octanol–water partition coefficient (Wildman–Crippen LogP) is 4.75. The fourth-order valence-electron chi connectivity index (χ4n) is 1.02. The van der Waals surface area contributed by atoms with E-state index in [0.29, 0.717) is 5.02 Å². The van der Waals surface area contributed by atoms with E-state index in [1.54, 1.807) is 0 Å². The summed E-state index contributed by atoms with van der Waals surface area (Å²) >= 11 is 9.49. The molecule has 0 radical (unpaired) electrons. The maximum Gasteiger partial charge on any atom is 0.139 e. The Hall–Kier alpha value is 0.00688. The highest BCUT2D eigenvalue weighted by Crippen LogP contribution is 2.33. The molecule has 0 aliphatic heterocycles. The molecular weight excluding hydrogens is 304 g/mol. The van der Waals surface area contributed by atoms with Crippen LogP contribution in [0.2, 0.25) is 23.2 Å². The van der Waals surface area contributed by atoms with E-state index in [0.717, 1.165) is 16.8 Å². The van der Waals surface area contributed by atoms with Crippen molar-refractivity contribution >= 4 is 36.3 Å². The second-order valence-corrected chi connectivity index (χ2v) is 10.2. The summed E-state index contributed by atoms with van der Waals surface area (Å²) in [6.07, 6.45) is 0. The van der Waals surface area contributed by atoms with Gasteiger partial charge in [-0.15, -0.1) is 0 Å². The average molecular weight is 322 g/mol. The zero-order chi connectivity index (χ0) is 12.3. The van der Waals surface area contributed by atoms with E-state index in [1.165, 1.54) is 0 Å². The highest BCUT2D eigenvalue weighted by atomic mass is 79.9. The number of ether oxygens (including phenoxy) is 1. The fraction of sp³-hybridized carbons (Fsp3) is 0.500. The number of rotatable bonds is 4. The molecule has 4 heteroatoms. The highest BCUT2D eigenvalue weighted by Gasteiger charge is 2.24. The molecule has 0 heterocycles. The first-order valence-electron chi connectivity index (χ1n) is 5.41. The molecule has 0 N–H and O–H groups in total. The molecule has 0 amide bonds. The molecule has 0 aliphatic carbocycles. The standard InChI is InChI=1S/C12H18BrClOSi/c1-12(2,16(3)4)8-15-11-7-9(13)5-6-10(11)14/h5-7,16H,8H2,1-4H3. The molecule has 1 rings (SSSR count). The van der Waals surface area contributed by atoms with E-state index in [2.05, 4.69) is 42.9 Å². The van der Waals surface area contributed by atoms with Gasteiger partial charge in [0.25, 0.3) is 0 Å². The molecule has 1 aromatic carbocycles. The van der Waals surface area contributed by atoms with Crippen LogP contribution in [0.1, 0.15) is 13.8 Å². The van der Waals surface area contributed by atoms with Crippen LogP contribution < -0.4 is 4.74 Å². The van der Waals surface area contributed by atoms with E-state index in [4.69, 9.17) is 16.3 Å². The van der Waals surface area contributed by atoms with Crippen LogP contribution in [0.15, 0.2) is 22.7 Å². The summed E-state index contributed by atoms with van der Waals surface area (Å²) in [6, 6.07) is 5.68. The largest absolute Gasteiger partial charge is 0.492 e. The average Bonchev–Trinajstić information content (AvgIpc) is 2.19. The summed E-state index contributed by atoms with van der Waals surface area (Å²) in [5, 5.41) is 0.954. The van der Waals surface area contributed by atoms with Gasteiger partial charge in [-0.2, -0.15) is 0 Å². The maximum absolute atomic E-state index is 6.07. The van der Waals surface area contributed by atoms with Crippen LogP contribution in [0, 0.1) is 0 Å². The predicted molar refractivity (Wildman–Crippen MR) is 77.6 cm³/mol. The zero-order valence-corrected chi connectivity index (χ0v) is 13.7. The van der Waals surface area contributed by atoms with Gasteiger partial charge in [-0.3, -0.25) is 0 Å². The molecule has 0 unspecified atom stereocenters. The van der Waals surface area contributed by atoms with Crippen LogP contribution in [0.5, 0.6) is 5.75 Å². The molecule has 0 bridgehead atoms. The van der Waals surface area contributed by atoms with E-state index in [9.17, 15) is 0 Å². The van der Waals surface area contributed by atoms with Crippen LogP contribution in [-0.4, -0.2) is 15.4 Å². The van der Waals surface area contributed by atoms with Gasteiger partial charge >= 0.3 is 0 Å². The number of hydrogen-bond donors (Lipinski definition) is 0. The monoisotopic (exact) mass is 320 g/mol. The van der Waals surface area contributed by atoms with Crippen molar-refractivity contribution in [1.82, 2.24) is 0 Å². The topological polar surface area (TPSA) is 9.23 Å². The third-order valence-electron chi connectivity index (χ3n) is 3.06.